The van der Waals surface area contributed by atoms with Crippen LogP contribution in [0.25, 0.3) is 0 Å². The van der Waals surface area contributed by atoms with Gasteiger partial charge in [-0.25, -0.2) is 0 Å². The minimum Gasteiger partial charge on any atom is -0.376 e. The zero-order valence-corrected chi connectivity index (χ0v) is 14.9. The van der Waals surface area contributed by atoms with Gasteiger partial charge in [-0.05, 0) is 43.2 Å². The number of nitro groups is 1. The van der Waals surface area contributed by atoms with Crippen LogP contribution in [0.1, 0.15) is 18.4 Å². The molecule has 2 amide bonds. The van der Waals surface area contributed by atoms with Crippen molar-refractivity contribution >= 4 is 34.6 Å². The predicted molar refractivity (Wildman–Crippen MR) is 103 cm³/mol. The highest BCUT2D eigenvalue weighted by Crippen LogP contribution is 2.23. The van der Waals surface area contributed by atoms with Crippen LogP contribution in [0, 0.1) is 17.0 Å². The van der Waals surface area contributed by atoms with Crippen LogP contribution in [0.15, 0.2) is 42.5 Å². The average Bonchev–Trinajstić information content (AvgIpc) is 3.07. The fourth-order valence-corrected chi connectivity index (χ4v) is 2.94. The van der Waals surface area contributed by atoms with Gasteiger partial charge in [-0.15, -0.1) is 0 Å². The Hall–Kier alpha value is -3.42. The second kappa shape index (κ2) is 7.86. The average molecular weight is 368 g/mol. The summed E-state index contributed by atoms with van der Waals surface area (Å²) in [6, 6.07) is 11.6. The van der Waals surface area contributed by atoms with E-state index in [-0.39, 0.29) is 24.0 Å². The van der Waals surface area contributed by atoms with Crippen LogP contribution in [0.5, 0.6) is 0 Å². The Kier molecular flexibility index (Phi) is 5.35. The van der Waals surface area contributed by atoms with Gasteiger partial charge >= 0.3 is 0 Å². The molecular weight excluding hydrogens is 348 g/mol. The lowest BCUT2D eigenvalue weighted by atomic mass is 10.2. The van der Waals surface area contributed by atoms with Gasteiger partial charge in [0.15, 0.2) is 0 Å². The van der Waals surface area contributed by atoms with E-state index >= 15 is 0 Å². The number of nitrogens with zero attached hydrogens (tertiary/aromatic N) is 2. The second-order valence-corrected chi connectivity index (χ2v) is 6.35. The molecule has 1 aliphatic heterocycles. The molecule has 2 N–H and O–H groups in total. The molecule has 0 atom stereocenters. The van der Waals surface area contributed by atoms with Crippen molar-refractivity contribution in [2.45, 2.75) is 19.8 Å². The summed E-state index contributed by atoms with van der Waals surface area (Å²) in [5.74, 6) is -0.158. The van der Waals surface area contributed by atoms with Gasteiger partial charge in [0.25, 0.3) is 5.69 Å². The summed E-state index contributed by atoms with van der Waals surface area (Å²) in [7, 11) is 0. The maximum absolute atomic E-state index is 12.1. The molecule has 0 bridgehead atoms. The number of aryl methyl sites for hydroxylation is 1. The van der Waals surface area contributed by atoms with Gasteiger partial charge in [0, 0.05) is 42.2 Å². The van der Waals surface area contributed by atoms with E-state index in [0.717, 1.165) is 24.2 Å². The number of rotatable bonds is 6. The lowest BCUT2D eigenvalue weighted by Gasteiger charge is -2.16. The summed E-state index contributed by atoms with van der Waals surface area (Å²) in [6.45, 7) is 2.51. The summed E-state index contributed by atoms with van der Waals surface area (Å²) >= 11 is 0. The van der Waals surface area contributed by atoms with Crippen LogP contribution >= 0.6 is 0 Å². The Morgan fingerprint density at radius 3 is 2.59 bits per heavy atom. The summed E-state index contributed by atoms with van der Waals surface area (Å²) in [6.07, 6.45) is 1.43. The maximum Gasteiger partial charge on any atom is 0.271 e. The van der Waals surface area contributed by atoms with Crippen molar-refractivity contribution in [3.8, 4) is 0 Å². The highest BCUT2D eigenvalue weighted by atomic mass is 16.6. The number of hydrogen-bond acceptors (Lipinski definition) is 5. The molecule has 1 heterocycles. The van der Waals surface area contributed by atoms with E-state index in [9.17, 15) is 19.7 Å². The molecule has 0 saturated carbocycles. The Morgan fingerprint density at radius 1 is 1.22 bits per heavy atom. The molecular formula is C19H20N4O4. The van der Waals surface area contributed by atoms with Gasteiger partial charge in [0.1, 0.15) is 0 Å². The molecule has 3 rings (SSSR count). The highest BCUT2D eigenvalue weighted by molar-refractivity contribution is 5.96. The topological polar surface area (TPSA) is 105 Å². The van der Waals surface area contributed by atoms with Crippen LogP contribution in [0.2, 0.25) is 0 Å². The van der Waals surface area contributed by atoms with Crippen molar-refractivity contribution in [2.75, 3.05) is 28.6 Å². The molecule has 0 aromatic heterocycles. The summed E-state index contributed by atoms with van der Waals surface area (Å²) in [4.78, 5) is 36.0. The zero-order chi connectivity index (χ0) is 19.4. The Bertz CT molecular complexity index is 880. The van der Waals surface area contributed by atoms with Crippen LogP contribution in [0.4, 0.5) is 22.7 Å². The molecule has 0 unspecified atom stereocenters. The summed E-state index contributed by atoms with van der Waals surface area (Å²) < 4.78 is 0. The number of nitro benzene ring substituents is 1. The van der Waals surface area contributed by atoms with Crippen molar-refractivity contribution in [3.63, 3.8) is 0 Å². The fraction of sp³-hybridized carbons (Fsp3) is 0.263. The molecule has 2 aromatic carbocycles. The van der Waals surface area contributed by atoms with Crippen molar-refractivity contribution in [1.82, 2.24) is 0 Å². The monoisotopic (exact) mass is 368 g/mol. The minimum atomic E-state index is -0.475. The number of benzene rings is 2. The smallest absolute Gasteiger partial charge is 0.271 e. The molecule has 2 aromatic rings. The van der Waals surface area contributed by atoms with Gasteiger partial charge in [-0.1, -0.05) is 6.07 Å². The normalized spacial score (nSPS) is 13.5. The molecule has 8 nitrogen and oxygen atoms in total. The zero-order valence-electron chi connectivity index (χ0n) is 14.9. The molecule has 0 aliphatic carbocycles. The number of non-ortho nitro benzene ring substituents is 1. The third kappa shape index (κ3) is 4.41. The summed E-state index contributed by atoms with van der Waals surface area (Å²) in [5, 5.41) is 16.5. The van der Waals surface area contributed by atoms with Crippen LogP contribution < -0.4 is 15.5 Å². The van der Waals surface area contributed by atoms with Crippen molar-refractivity contribution in [3.05, 3.63) is 58.1 Å². The van der Waals surface area contributed by atoms with E-state index < -0.39 is 4.92 Å². The molecule has 1 fully saturated rings. The lowest BCUT2D eigenvalue weighted by molar-refractivity contribution is -0.384. The van der Waals surface area contributed by atoms with Gasteiger partial charge < -0.3 is 15.5 Å². The molecule has 0 radical (unpaired) electrons. The molecule has 1 saturated heterocycles. The first-order valence-corrected chi connectivity index (χ1v) is 8.63. The Labute approximate surface area is 156 Å². The van der Waals surface area contributed by atoms with E-state index in [2.05, 4.69) is 10.6 Å². The number of nitrogens with one attached hydrogen (secondary N) is 2. The first-order chi connectivity index (χ1) is 12.9. The van der Waals surface area contributed by atoms with Crippen LogP contribution in [0.3, 0.4) is 0 Å². The minimum absolute atomic E-state index is 0.0195. The van der Waals surface area contributed by atoms with Gasteiger partial charge in [-0.3, -0.25) is 19.7 Å². The quantitative estimate of drug-likeness (QED) is 0.602. The van der Waals surface area contributed by atoms with Gasteiger partial charge in [0.05, 0.1) is 11.5 Å². The molecule has 27 heavy (non-hydrogen) atoms. The molecule has 8 heteroatoms. The van der Waals surface area contributed by atoms with Crippen molar-refractivity contribution in [2.24, 2.45) is 0 Å². The molecule has 1 aliphatic rings. The first kappa shape index (κ1) is 18.4. The standard InChI is InChI=1S/C19H20N4O4/c1-13-4-7-16(23(26)27)11-17(13)20-12-18(24)21-14-5-8-15(9-6-14)22-10-2-3-19(22)25/h4-9,11,20H,2-3,10,12H2,1H3,(H,21,24). The molecule has 0 spiro atoms. The Morgan fingerprint density at radius 2 is 1.96 bits per heavy atom. The van der Waals surface area contributed by atoms with E-state index in [1.165, 1.54) is 12.1 Å². The number of amides is 2. The SMILES string of the molecule is Cc1ccc([N+](=O)[O-])cc1NCC(=O)Nc1ccc(N2CCCC2=O)cc1. The lowest BCUT2D eigenvalue weighted by Crippen LogP contribution is -2.24. The predicted octanol–water partition coefficient (Wildman–Crippen LogP) is 3.08. The number of anilines is 3. The van der Waals surface area contributed by atoms with E-state index in [0.29, 0.717) is 17.8 Å². The van der Waals surface area contributed by atoms with Crippen LogP contribution in [-0.4, -0.2) is 29.8 Å². The van der Waals surface area contributed by atoms with Crippen molar-refractivity contribution in [1.29, 1.82) is 0 Å². The second-order valence-electron chi connectivity index (χ2n) is 6.35. The number of carbonyl (C=O) groups is 2. The van der Waals surface area contributed by atoms with E-state index in [1.54, 1.807) is 35.2 Å². The van der Waals surface area contributed by atoms with Crippen molar-refractivity contribution < 1.29 is 14.5 Å². The van der Waals surface area contributed by atoms with Gasteiger partial charge in [0.2, 0.25) is 11.8 Å². The number of hydrogen-bond donors (Lipinski definition) is 2. The Balaban J connectivity index is 1.57. The highest BCUT2D eigenvalue weighted by Gasteiger charge is 2.21. The number of carbonyl (C=O) groups excluding carboxylic acids is 2. The van der Waals surface area contributed by atoms with E-state index in [4.69, 9.17) is 0 Å². The largest absolute Gasteiger partial charge is 0.376 e. The fourth-order valence-electron chi connectivity index (χ4n) is 2.94. The molecule has 140 valence electrons. The van der Waals surface area contributed by atoms with Gasteiger partial charge in [-0.2, -0.15) is 0 Å². The third-order valence-corrected chi connectivity index (χ3v) is 4.41. The first-order valence-electron chi connectivity index (χ1n) is 8.63. The third-order valence-electron chi connectivity index (χ3n) is 4.41. The summed E-state index contributed by atoms with van der Waals surface area (Å²) in [5.41, 5.74) is 2.76. The van der Waals surface area contributed by atoms with Crippen LogP contribution in [-0.2, 0) is 9.59 Å². The van der Waals surface area contributed by atoms with E-state index in [1.807, 2.05) is 6.92 Å². The maximum atomic E-state index is 12.1.